The van der Waals surface area contributed by atoms with Gasteiger partial charge >= 0.3 is 0 Å². The van der Waals surface area contributed by atoms with Crippen LogP contribution >= 0.6 is 22.9 Å². The number of halogens is 3. The molecule has 94 valence electrons. The first-order valence-electron chi connectivity index (χ1n) is 4.93. The van der Waals surface area contributed by atoms with Crippen LogP contribution in [0.15, 0.2) is 30.3 Å². The van der Waals surface area contributed by atoms with E-state index in [-0.39, 0.29) is 18.1 Å². The second-order valence-corrected chi connectivity index (χ2v) is 5.08. The van der Waals surface area contributed by atoms with Gasteiger partial charge in [0, 0.05) is 0 Å². The van der Waals surface area contributed by atoms with E-state index in [0.29, 0.717) is 9.21 Å². The zero-order valence-electron chi connectivity index (χ0n) is 8.95. The normalized spacial score (nSPS) is 10.4. The molecule has 2 aromatic rings. The summed E-state index contributed by atoms with van der Waals surface area (Å²) in [6.07, 6.45) is 0. The maximum absolute atomic E-state index is 13.2. The number of carbonyl (C=O) groups excluding carboxylic acids is 1. The second-order valence-electron chi connectivity index (χ2n) is 3.37. The maximum atomic E-state index is 13.2. The van der Waals surface area contributed by atoms with Gasteiger partial charge in [-0.15, -0.1) is 11.3 Å². The third-order valence-electron chi connectivity index (χ3n) is 2.12. The van der Waals surface area contributed by atoms with Crippen LogP contribution in [0.4, 0.5) is 8.78 Å². The van der Waals surface area contributed by atoms with Gasteiger partial charge in [0.2, 0.25) is 11.6 Å². The van der Waals surface area contributed by atoms with Crippen molar-refractivity contribution in [3.05, 3.63) is 51.2 Å². The molecule has 2 nitrogen and oxygen atoms in total. The highest BCUT2D eigenvalue weighted by Gasteiger charge is 2.13. The molecule has 0 bridgehead atoms. The summed E-state index contributed by atoms with van der Waals surface area (Å²) in [6, 6.07) is 6.68. The highest BCUT2D eigenvalue weighted by Crippen LogP contribution is 2.23. The summed E-state index contributed by atoms with van der Waals surface area (Å²) < 4.78 is 31.5. The highest BCUT2D eigenvalue weighted by molar-refractivity contribution is 7.18. The lowest BCUT2D eigenvalue weighted by atomic mass is 10.3. The number of Topliss-reactive ketones (excluding diaryl/α,β-unsaturated/α-hetero) is 1. The summed E-state index contributed by atoms with van der Waals surface area (Å²) in [5, 5.41) is 0. The van der Waals surface area contributed by atoms with Gasteiger partial charge in [0.15, 0.2) is 18.2 Å². The molecular formula is C12H7ClF2O2S. The number of thiophene rings is 1. The van der Waals surface area contributed by atoms with E-state index in [1.807, 2.05) is 0 Å². The lowest BCUT2D eigenvalue weighted by Gasteiger charge is -2.05. The molecule has 0 N–H and O–H groups in total. The van der Waals surface area contributed by atoms with Crippen molar-refractivity contribution in [2.24, 2.45) is 0 Å². The molecule has 0 saturated carbocycles. The molecule has 2 rings (SSSR count). The SMILES string of the molecule is O=C(COc1cccc(F)c1F)c1ccc(Cl)s1. The third kappa shape index (κ3) is 2.86. The first-order valence-corrected chi connectivity index (χ1v) is 6.12. The fourth-order valence-electron chi connectivity index (χ4n) is 1.27. The molecule has 1 heterocycles. The highest BCUT2D eigenvalue weighted by atomic mass is 35.5. The van der Waals surface area contributed by atoms with E-state index >= 15 is 0 Å². The topological polar surface area (TPSA) is 26.3 Å². The van der Waals surface area contributed by atoms with Crippen molar-refractivity contribution in [2.75, 3.05) is 6.61 Å². The Labute approximate surface area is 111 Å². The Morgan fingerprint density at radius 2 is 2.06 bits per heavy atom. The zero-order valence-corrected chi connectivity index (χ0v) is 10.5. The molecule has 0 fully saturated rings. The van der Waals surface area contributed by atoms with Crippen LogP contribution in [0.3, 0.4) is 0 Å². The van der Waals surface area contributed by atoms with E-state index in [9.17, 15) is 13.6 Å². The van der Waals surface area contributed by atoms with Crippen LogP contribution < -0.4 is 4.74 Å². The minimum absolute atomic E-state index is 0.286. The van der Waals surface area contributed by atoms with Gasteiger partial charge in [-0.25, -0.2) is 4.39 Å². The third-order valence-corrected chi connectivity index (χ3v) is 3.40. The second kappa shape index (κ2) is 5.46. The van der Waals surface area contributed by atoms with Crippen LogP contribution in [-0.2, 0) is 0 Å². The Hall–Kier alpha value is -1.46. The average Bonchev–Trinajstić information content (AvgIpc) is 2.77. The summed E-state index contributed by atoms with van der Waals surface area (Å²) in [5.41, 5.74) is 0. The van der Waals surface area contributed by atoms with Crippen LogP contribution in [-0.4, -0.2) is 12.4 Å². The fourth-order valence-corrected chi connectivity index (χ4v) is 2.24. The number of carbonyl (C=O) groups is 1. The standard InChI is InChI=1S/C12H7ClF2O2S/c13-11-5-4-10(18-11)8(16)6-17-9-3-1-2-7(14)12(9)15/h1-5H,6H2. The number of rotatable bonds is 4. The number of ether oxygens (including phenoxy) is 1. The Bertz CT molecular complexity index is 583. The molecule has 0 saturated heterocycles. The summed E-state index contributed by atoms with van der Waals surface area (Å²) >= 11 is 6.79. The number of ketones is 1. The van der Waals surface area contributed by atoms with Gasteiger partial charge in [0.25, 0.3) is 0 Å². The van der Waals surface area contributed by atoms with Gasteiger partial charge < -0.3 is 4.74 Å². The van der Waals surface area contributed by atoms with E-state index in [1.54, 1.807) is 12.1 Å². The molecule has 0 aliphatic carbocycles. The van der Waals surface area contributed by atoms with Crippen LogP contribution in [0.5, 0.6) is 5.75 Å². The molecule has 0 spiro atoms. The quantitative estimate of drug-likeness (QED) is 0.797. The van der Waals surface area contributed by atoms with E-state index in [4.69, 9.17) is 16.3 Å². The maximum Gasteiger partial charge on any atom is 0.210 e. The van der Waals surface area contributed by atoms with Gasteiger partial charge in [-0.3, -0.25) is 4.79 Å². The van der Waals surface area contributed by atoms with Crippen molar-refractivity contribution < 1.29 is 18.3 Å². The summed E-state index contributed by atoms with van der Waals surface area (Å²) in [5.74, 6) is -2.74. The first kappa shape index (κ1) is 13.0. The number of hydrogen-bond donors (Lipinski definition) is 0. The van der Waals surface area contributed by atoms with Gasteiger partial charge in [0.05, 0.1) is 9.21 Å². The summed E-state index contributed by atoms with van der Waals surface area (Å²) in [6.45, 7) is -0.364. The van der Waals surface area contributed by atoms with Crippen LogP contribution in [0.1, 0.15) is 9.67 Å². The average molecular weight is 289 g/mol. The zero-order chi connectivity index (χ0) is 13.1. The predicted octanol–water partition coefficient (Wildman–Crippen LogP) is 3.94. The Kier molecular flexibility index (Phi) is 3.93. The van der Waals surface area contributed by atoms with Gasteiger partial charge in [-0.1, -0.05) is 17.7 Å². The monoisotopic (exact) mass is 288 g/mol. The fraction of sp³-hybridized carbons (Fsp3) is 0.0833. The minimum atomic E-state index is -1.10. The largest absolute Gasteiger partial charge is 0.482 e. The van der Waals surface area contributed by atoms with Crippen LogP contribution in [0.2, 0.25) is 4.34 Å². The van der Waals surface area contributed by atoms with Gasteiger partial charge in [-0.2, -0.15) is 4.39 Å². The van der Waals surface area contributed by atoms with Gasteiger partial charge in [-0.05, 0) is 24.3 Å². The molecule has 6 heteroatoms. The summed E-state index contributed by atoms with van der Waals surface area (Å²) in [7, 11) is 0. The van der Waals surface area contributed by atoms with Crippen molar-refractivity contribution in [3.8, 4) is 5.75 Å². The van der Waals surface area contributed by atoms with Crippen molar-refractivity contribution in [1.29, 1.82) is 0 Å². The molecule has 0 unspecified atom stereocenters. The molecule has 1 aromatic heterocycles. The molecule has 0 aliphatic heterocycles. The van der Waals surface area contributed by atoms with Crippen molar-refractivity contribution in [3.63, 3.8) is 0 Å². The van der Waals surface area contributed by atoms with E-state index in [2.05, 4.69) is 0 Å². The Morgan fingerprint density at radius 3 is 2.72 bits per heavy atom. The molecule has 0 atom stereocenters. The first-order chi connectivity index (χ1) is 8.58. The molecule has 1 aromatic carbocycles. The van der Waals surface area contributed by atoms with E-state index < -0.39 is 11.6 Å². The molecule has 0 amide bonds. The minimum Gasteiger partial charge on any atom is -0.482 e. The van der Waals surface area contributed by atoms with Crippen molar-refractivity contribution >= 4 is 28.7 Å². The molecular weight excluding hydrogens is 282 g/mol. The van der Waals surface area contributed by atoms with Crippen molar-refractivity contribution in [1.82, 2.24) is 0 Å². The predicted molar refractivity (Wildman–Crippen MR) is 65.5 cm³/mol. The lowest BCUT2D eigenvalue weighted by Crippen LogP contribution is -2.11. The number of hydrogen-bond acceptors (Lipinski definition) is 3. The molecule has 18 heavy (non-hydrogen) atoms. The van der Waals surface area contributed by atoms with E-state index in [1.165, 1.54) is 12.1 Å². The lowest BCUT2D eigenvalue weighted by molar-refractivity contribution is 0.0922. The number of benzene rings is 1. The molecule has 0 radical (unpaired) electrons. The van der Waals surface area contributed by atoms with Crippen LogP contribution in [0, 0.1) is 11.6 Å². The van der Waals surface area contributed by atoms with Crippen molar-refractivity contribution in [2.45, 2.75) is 0 Å². The summed E-state index contributed by atoms with van der Waals surface area (Å²) in [4.78, 5) is 12.1. The Morgan fingerprint density at radius 1 is 1.28 bits per heavy atom. The van der Waals surface area contributed by atoms with Crippen LogP contribution in [0.25, 0.3) is 0 Å². The molecule has 0 aliphatic rings. The Balaban J connectivity index is 2.04. The van der Waals surface area contributed by atoms with Gasteiger partial charge in [0.1, 0.15) is 0 Å². The van der Waals surface area contributed by atoms with E-state index in [0.717, 1.165) is 17.4 Å². The smallest absolute Gasteiger partial charge is 0.210 e.